The van der Waals surface area contributed by atoms with E-state index in [4.69, 9.17) is 5.84 Å². The van der Waals surface area contributed by atoms with Gasteiger partial charge in [-0.25, -0.2) is 9.82 Å². The number of halogens is 2. The molecule has 0 aliphatic rings. The quantitative estimate of drug-likeness (QED) is 0.503. The maximum absolute atomic E-state index is 13.1. The van der Waals surface area contributed by atoms with E-state index in [2.05, 4.69) is 34.1 Å². The van der Waals surface area contributed by atoms with Crippen LogP contribution in [0.1, 0.15) is 22.7 Å². The fraction of sp³-hybridized carbons (Fsp3) is 0.143. The number of hydrogen-bond acceptors (Lipinski definition) is 2. The van der Waals surface area contributed by atoms with E-state index < -0.39 is 0 Å². The lowest BCUT2D eigenvalue weighted by Gasteiger charge is -2.19. The molecule has 1 unspecified atom stereocenters. The first-order valence-corrected chi connectivity index (χ1v) is 6.67. The molecule has 0 amide bonds. The second-order valence-electron chi connectivity index (χ2n) is 4.18. The maximum Gasteiger partial charge on any atom is 0.124 e. The molecule has 3 N–H and O–H groups in total. The number of hydrazine groups is 1. The highest BCUT2D eigenvalue weighted by Gasteiger charge is 2.15. The summed E-state index contributed by atoms with van der Waals surface area (Å²) in [4.78, 5) is 0. The van der Waals surface area contributed by atoms with E-state index in [-0.39, 0.29) is 11.9 Å². The van der Waals surface area contributed by atoms with Crippen LogP contribution in [0.5, 0.6) is 0 Å². The van der Waals surface area contributed by atoms with Gasteiger partial charge >= 0.3 is 0 Å². The average Bonchev–Trinajstić information content (AvgIpc) is 2.33. The lowest BCUT2D eigenvalue weighted by Crippen LogP contribution is -2.29. The van der Waals surface area contributed by atoms with Crippen molar-refractivity contribution in [1.29, 1.82) is 0 Å². The molecule has 2 aromatic carbocycles. The average molecular weight is 356 g/mol. The molecule has 94 valence electrons. The predicted molar refractivity (Wildman–Crippen MR) is 79.5 cm³/mol. The molecule has 18 heavy (non-hydrogen) atoms. The molecule has 0 aliphatic carbocycles. The minimum Gasteiger partial charge on any atom is -0.271 e. The maximum atomic E-state index is 13.1. The summed E-state index contributed by atoms with van der Waals surface area (Å²) >= 11 is 2.12. The molecule has 0 bridgehead atoms. The summed E-state index contributed by atoms with van der Waals surface area (Å²) in [6.45, 7) is 2.03. The van der Waals surface area contributed by atoms with E-state index in [1.165, 1.54) is 17.7 Å². The van der Waals surface area contributed by atoms with Crippen molar-refractivity contribution >= 4 is 22.6 Å². The third-order valence-corrected chi connectivity index (χ3v) is 3.75. The van der Waals surface area contributed by atoms with E-state index in [0.717, 1.165) is 14.7 Å². The van der Waals surface area contributed by atoms with Crippen molar-refractivity contribution in [3.8, 4) is 0 Å². The van der Waals surface area contributed by atoms with Crippen LogP contribution in [0.2, 0.25) is 0 Å². The van der Waals surface area contributed by atoms with Gasteiger partial charge in [0.15, 0.2) is 0 Å². The summed E-state index contributed by atoms with van der Waals surface area (Å²) in [6.07, 6.45) is 0. The number of nitrogens with one attached hydrogen (secondary N) is 1. The largest absolute Gasteiger partial charge is 0.271 e. The Morgan fingerprint density at radius 3 is 2.61 bits per heavy atom. The van der Waals surface area contributed by atoms with Gasteiger partial charge in [0.1, 0.15) is 5.82 Å². The molecule has 1 atom stereocenters. The van der Waals surface area contributed by atoms with E-state index in [9.17, 15) is 4.39 Å². The summed E-state index contributed by atoms with van der Waals surface area (Å²) in [7, 11) is 0. The lowest BCUT2D eigenvalue weighted by atomic mass is 9.98. The first kappa shape index (κ1) is 13.5. The second kappa shape index (κ2) is 5.77. The highest BCUT2D eigenvalue weighted by molar-refractivity contribution is 14.1. The van der Waals surface area contributed by atoms with Crippen molar-refractivity contribution in [1.82, 2.24) is 5.43 Å². The van der Waals surface area contributed by atoms with Crippen molar-refractivity contribution in [2.75, 3.05) is 0 Å². The van der Waals surface area contributed by atoms with Crippen LogP contribution >= 0.6 is 22.6 Å². The fourth-order valence-corrected chi connectivity index (χ4v) is 2.74. The van der Waals surface area contributed by atoms with Gasteiger partial charge in [-0.2, -0.15) is 0 Å². The Balaban J connectivity index is 2.45. The molecular formula is C14H14FIN2. The van der Waals surface area contributed by atoms with E-state index in [0.29, 0.717) is 0 Å². The summed E-state index contributed by atoms with van der Waals surface area (Å²) in [5.74, 6) is 5.41. The standard InChI is InChI=1S/C14H14FIN2/c1-9-3-2-4-10(7-9)14(18-17)12-6-5-11(15)8-13(12)16/h2-8,14,18H,17H2,1H3. The topological polar surface area (TPSA) is 38.0 Å². The molecule has 0 aromatic heterocycles. The highest BCUT2D eigenvalue weighted by atomic mass is 127. The van der Waals surface area contributed by atoms with Crippen LogP contribution in [0.3, 0.4) is 0 Å². The SMILES string of the molecule is Cc1cccc(C(NN)c2ccc(F)cc2I)c1. The fourth-order valence-electron chi connectivity index (χ4n) is 1.95. The van der Waals surface area contributed by atoms with Crippen LogP contribution in [0.4, 0.5) is 4.39 Å². The molecule has 0 saturated heterocycles. The molecular weight excluding hydrogens is 342 g/mol. The Morgan fingerprint density at radius 2 is 2.00 bits per heavy atom. The smallest absolute Gasteiger partial charge is 0.124 e. The molecule has 2 rings (SSSR count). The highest BCUT2D eigenvalue weighted by Crippen LogP contribution is 2.26. The molecule has 2 aromatic rings. The Morgan fingerprint density at radius 1 is 1.22 bits per heavy atom. The monoisotopic (exact) mass is 356 g/mol. The first-order chi connectivity index (χ1) is 8.61. The van der Waals surface area contributed by atoms with Crippen LogP contribution in [0.15, 0.2) is 42.5 Å². The molecule has 0 heterocycles. The molecule has 2 nitrogen and oxygen atoms in total. The summed E-state index contributed by atoms with van der Waals surface area (Å²) in [5.41, 5.74) is 6.01. The molecule has 0 saturated carbocycles. The van der Waals surface area contributed by atoms with Gasteiger partial charge in [-0.15, -0.1) is 0 Å². The molecule has 4 heteroatoms. The first-order valence-electron chi connectivity index (χ1n) is 5.59. The Kier molecular flexibility index (Phi) is 4.31. The number of nitrogens with two attached hydrogens (primary N) is 1. The number of benzene rings is 2. The van der Waals surface area contributed by atoms with Crippen molar-refractivity contribution in [2.45, 2.75) is 13.0 Å². The van der Waals surface area contributed by atoms with Gasteiger partial charge in [-0.3, -0.25) is 5.84 Å². The van der Waals surface area contributed by atoms with Crippen LogP contribution in [-0.4, -0.2) is 0 Å². The van der Waals surface area contributed by atoms with Gasteiger partial charge < -0.3 is 0 Å². The van der Waals surface area contributed by atoms with Gasteiger partial charge in [0.25, 0.3) is 0 Å². The normalized spacial score (nSPS) is 12.4. The third kappa shape index (κ3) is 2.88. The van der Waals surface area contributed by atoms with Crippen molar-refractivity contribution in [3.63, 3.8) is 0 Å². The third-order valence-electron chi connectivity index (χ3n) is 2.82. The van der Waals surface area contributed by atoms with Gasteiger partial charge in [0, 0.05) is 3.57 Å². The minimum atomic E-state index is -0.233. The van der Waals surface area contributed by atoms with Gasteiger partial charge in [-0.1, -0.05) is 35.9 Å². The number of rotatable bonds is 3. The Labute approximate surface area is 120 Å². The molecule has 0 fully saturated rings. The van der Waals surface area contributed by atoms with Crippen molar-refractivity contribution in [2.24, 2.45) is 5.84 Å². The van der Waals surface area contributed by atoms with E-state index in [1.807, 2.05) is 25.1 Å². The summed E-state index contributed by atoms with van der Waals surface area (Å²) in [5, 5.41) is 0. The zero-order chi connectivity index (χ0) is 13.1. The Hall–Kier alpha value is -0.980. The molecule has 0 spiro atoms. The minimum absolute atomic E-state index is 0.127. The van der Waals surface area contributed by atoms with Crippen LogP contribution in [0.25, 0.3) is 0 Å². The summed E-state index contributed by atoms with van der Waals surface area (Å²) < 4.78 is 14.0. The van der Waals surface area contributed by atoms with Crippen molar-refractivity contribution in [3.05, 3.63) is 68.5 Å². The van der Waals surface area contributed by atoms with Crippen LogP contribution < -0.4 is 11.3 Å². The van der Waals surface area contributed by atoms with Crippen LogP contribution in [-0.2, 0) is 0 Å². The number of aryl methyl sites for hydroxylation is 1. The van der Waals surface area contributed by atoms with Crippen LogP contribution in [0, 0.1) is 16.3 Å². The molecule has 0 aliphatic heterocycles. The zero-order valence-electron chi connectivity index (χ0n) is 9.95. The Bertz CT molecular complexity index is 557. The van der Waals surface area contributed by atoms with Gasteiger partial charge in [-0.05, 0) is 52.8 Å². The second-order valence-corrected chi connectivity index (χ2v) is 5.34. The van der Waals surface area contributed by atoms with E-state index >= 15 is 0 Å². The summed E-state index contributed by atoms with van der Waals surface area (Å²) in [6, 6.07) is 12.7. The zero-order valence-corrected chi connectivity index (χ0v) is 12.1. The van der Waals surface area contributed by atoms with E-state index in [1.54, 1.807) is 6.07 Å². The lowest BCUT2D eigenvalue weighted by molar-refractivity contribution is 0.612. The van der Waals surface area contributed by atoms with Gasteiger partial charge in [0.05, 0.1) is 6.04 Å². The van der Waals surface area contributed by atoms with Crippen molar-refractivity contribution < 1.29 is 4.39 Å². The van der Waals surface area contributed by atoms with Gasteiger partial charge in [0.2, 0.25) is 0 Å². The molecule has 0 radical (unpaired) electrons. The predicted octanol–water partition coefficient (Wildman–Crippen LogP) is 3.29. The number of hydrogen-bond donors (Lipinski definition) is 2.